The number of pyridine rings is 2. The summed E-state index contributed by atoms with van der Waals surface area (Å²) in [6, 6.07) is 8.71. The van der Waals surface area contributed by atoms with Crippen LogP contribution < -0.4 is 21.5 Å². The third-order valence-electron chi connectivity index (χ3n) is 5.57. The number of ether oxygens (including phenoxy) is 2. The standard InChI is InChI=1S/C24H29N7O3/c1-3-34-14-19-30-21-22(20-17(29-23(21)26)7-6-11-27-20)31(19)12-5-4-10-28-24(32)15-8-9-16(25)18(13-15)33-2/h6-9,11,13H,3-5,10,12,14,25H2,1-2H3,(H2,26,29)(H,28,32). The van der Waals surface area contributed by atoms with E-state index in [0.717, 1.165) is 35.2 Å². The Kier molecular flexibility index (Phi) is 7.07. The lowest BCUT2D eigenvalue weighted by Crippen LogP contribution is -2.24. The van der Waals surface area contributed by atoms with E-state index in [2.05, 4.69) is 19.9 Å². The number of anilines is 2. The number of aromatic nitrogens is 4. The molecule has 4 rings (SSSR count). The molecule has 34 heavy (non-hydrogen) atoms. The second-order valence-corrected chi connectivity index (χ2v) is 7.80. The van der Waals surface area contributed by atoms with Gasteiger partial charge in [0.2, 0.25) is 0 Å². The Labute approximate surface area is 197 Å². The van der Waals surface area contributed by atoms with E-state index in [1.807, 2.05) is 19.1 Å². The van der Waals surface area contributed by atoms with Gasteiger partial charge in [-0.15, -0.1) is 0 Å². The van der Waals surface area contributed by atoms with Crippen LogP contribution in [-0.4, -0.2) is 45.7 Å². The normalized spacial score (nSPS) is 11.2. The zero-order chi connectivity index (χ0) is 24.1. The van der Waals surface area contributed by atoms with Crippen LogP contribution in [0.4, 0.5) is 11.5 Å². The van der Waals surface area contributed by atoms with Crippen LogP contribution >= 0.6 is 0 Å². The van der Waals surface area contributed by atoms with Crippen LogP contribution in [0.2, 0.25) is 0 Å². The summed E-state index contributed by atoms with van der Waals surface area (Å²) < 4.78 is 12.9. The number of nitrogens with zero attached hydrogens (tertiary/aromatic N) is 4. The maximum atomic E-state index is 12.5. The number of rotatable bonds is 10. The Morgan fingerprint density at radius 3 is 2.79 bits per heavy atom. The van der Waals surface area contributed by atoms with Gasteiger partial charge in [-0.2, -0.15) is 0 Å². The monoisotopic (exact) mass is 463 g/mol. The van der Waals surface area contributed by atoms with Gasteiger partial charge < -0.3 is 30.8 Å². The molecule has 0 unspecified atom stereocenters. The molecular formula is C24H29N7O3. The molecule has 0 saturated heterocycles. The molecule has 0 atom stereocenters. The highest BCUT2D eigenvalue weighted by atomic mass is 16.5. The fourth-order valence-corrected chi connectivity index (χ4v) is 3.87. The lowest BCUT2D eigenvalue weighted by Gasteiger charge is -2.11. The minimum atomic E-state index is -0.169. The molecule has 3 heterocycles. The first kappa shape index (κ1) is 23.2. The van der Waals surface area contributed by atoms with Crippen molar-refractivity contribution in [3.05, 3.63) is 47.9 Å². The highest BCUT2D eigenvalue weighted by Gasteiger charge is 2.18. The van der Waals surface area contributed by atoms with Crippen molar-refractivity contribution >= 4 is 39.5 Å². The van der Waals surface area contributed by atoms with Crippen LogP contribution in [0.15, 0.2) is 36.5 Å². The Hall–Kier alpha value is -3.92. The molecule has 0 aliphatic rings. The van der Waals surface area contributed by atoms with Gasteiger partial charge in [-0.05, 0) is 50.1 Å². The van der Waals surface area contributed by atoms with Gasteiger partial charge in [-0.3, -0.25) is 9.78 Å². The van der Waals surface area contributed by atoms with E-state index in [0.29, 0.717) is 54.6 Å². The van der Waals surface area contributed by atoms with Crippen molar-refractivity contribution in [1.82, 2.24) is 24.8 Å². The molecule has 1 aromatic carbocycles. The number of fused-ring (bicyclic) bond motifs is 3. The number of nitrogens with one attached hydrogen (secondary N) is 1. The molecule has 5 N–H and O–H groups in total. The maximum Gasteiger partial charge on any atom is 0.251 e. The second-order valence-electron chi connectivity index (χ2n) is 7.80. The molecule has 0 spiro atoms. The maximum absolute atomic E-state index is 12.5. The van der Waals surface area contributed by atoms with Gasteiger partial charge in [0.05, 0.1) is 18.3 Å². The summed E-state index contributed by atoms with van der Waals surface area (Å²) in [6.45, 7) is 4.10. The predicted octanol–water partition coefficient (Wildman–Crippen LogP) is 2.90. The molecule has 0 saturated carbocycles. The van der Waals surface area contributed by atoms with E-state index < -0.39 is 0 Å². The number of amides is 1. The summed E-state index contributed by atoms with van der Waals surface area (Å²) in [7, 11) is 1.52. The van der Waals surface area contributed by atoms with Crippen molar-refractivity contribution in [3.8, 4) is 5.75 Å². The minimum absolute atomic E-state index is 0.169. The zero-order valence-electron chi connectivity index (χ0n) is 19.4. The molecule has 3 aromatic heterocycles. The topological polar surface area (TPSA) is 143 Å². The van der Waals surface area contributed by atoms with Gasteiger partial charge in [0.15, 0.2) is 5.82 Å². The Morgan fingerprint density at radius 1 is 1.15 bits per heavy atom. The number of methoxy groups -OCH3 is 1. The minimum Gasteiger partial charge on any atom is -0.495 e. The van der Waals surface area contributed by atoms with Crippen molar-refractivity contribution in [1.29, 1.82) is 0 Å². The molecule has 0 fully saturated rings. The number of imidazole rings is 1. The lowest BCUT2D eigenvalue weighted by molar-refractivity contribution is 0.0952. The number of hydrogen-bond donors (Lipinski definition) is 3. The van der Waals surface area contributed by atoms with Crippen LogP contribution in [0.1, 0.15) is 35.9 Å². The highest BCUT2D eigenvalue weighted by molar-refractivity contribution is 6.04. The van der Waals surface area contributed by atoms with Gasteiger partial charge in [0, 0.05) is 31.5 Å². The van der Waals surface area contributed by atoms with E-state index in [-0.39, 0.29) is 5.91 Å². The fourth-order valence-electron chi connectivity index (χ4n) is 3.87. The molecule has 1 amide bonds. The number of unbranched alkanes of at least 4 members (excludes halogenated alkanes) is 1. The third kappa shape index (κ3) is 4.72. The van der Waals surface area contributed by atoms with E-state index >= 15 is 0 Å². The molecule has 10 heteroatoms. The summed E-state index contributed by atoms with van der Waals surface area (Å²) in [5, 5.41) is 2.95. The zero-order valence-corrected chi connectivity index (χ0v) is 19.4. The highest BCUT2D eigenvalue weighted by Crippen LogP contribution is 2.28. The first-order valence-electron chi connectivity index (χ1n) is 11.2. The van der Waals surface area contributed by atoms with Crippen molar-refractivity contribution in [2.75, 3.05) is 31.7 Å². The Bertz CT molecular complexity index is 1320. The van der Waals surface area contributed by atoms with Crippen molar-refractivity contribution < 1.29 is 14.3 Å². The molecular weight excluding hydrogens is 434 g/mol. The van der Waals surface area contributed by atoms with Crippen molar-refractivity contribution in [2.45, 2.75) is 32.9 Å². The van der Waals surface area contributed by atoms with Crippen LogP contribution in [0.5, 0.6) is 5.75 Å². The number of carbonyl (C=O) groups is 1. The first-order chi connectivity index (χ1) is 16.5. The summed E-state index contributed by atoms with van der Waals surface area (Å²) in [5.41, 5.74) is 16.0. The molecule has 4 aromatic rings. The number of nitrogen functional groups attached to an aromatic ring is 2. The average molecular weight is 464 g/mol. The molecule has 0 bridgehead atoms. The van der Waals surface area contributed by atoms with Gasteiger partial charge in [0.1, 0.15) is 34.7 Å². The average Bonchev–Trinajstić information content (AvgIpc) is 3.22. The fraction of sp³-hybridized carbons (Fsp3) is 0.333. The Balaban J connectivity index is 1.47. The van der Waals surface area contributed by atoms with Gasteiger partial charge in [0.25, 0.3) is 5.91 Å². The van der Waals surface area contributed by atoms with Crippen LogP contribution in [-0.2, 0) is 17.9 Å². The largest absolute Gasteiger partial charge is 0.495 e. The smallest absolute Gasteiger partial charge is 0.251 e. The van der Waals surface area contributed by atoms with Gasteiger partial charge in [-0.1, -0.05) is 0 Å². The molecule has 0 aliphatic heterocycles. The van der Waals surface area contributed by atoms with Gasteiger partial charge in [-0.25, -0.2) is 9.97 Å². The van der Waals surface area contributed by atoms with Gasteiger partial charge >= 0.3 is 0 Å². The molecule has 0 radical (unpaired) electrons. The second kappa shape index (κ2) is 10.3. The summed E-state index contributed by atoms with van der Waals surface area (Å²) in [6.07, 6.45) is 3.32. The molecule has 10 nitrogen and oxygen atoms in total. The number of carbonyl (C=O) groups excluding carboxylic acids is 1. The van der Waals surface area contributed by atoms with E-state index in [9.17, 15) is 4.79 Å². The van der Waals surface area contributed by atoms with E-state index in [1.54, 1.807) is 24.4 Å². The van der Waals surface area contributed by atoms with Crippen LogP contribution in [0.25, 0.3) is 22.1 Å². The third-order valence-corrected chi connectivity index (χ3v) is 5.57. The number of benzene rings is 1. The van der Waals surface area contributed by atoms with Crippen molar-refractivity contribution in [2.24, 2.45) is 0 Å². The van der Waals surface area contributed by atoms with E-state index in [1.165, 1.54) is 7.11 Å². The summed E-state index contributed by atoms with van der Waals surface area (Å²) >= 11 is 0. The lowest BCUT2D eigenvalue weighted by atomic mass is 10.1. The quantitative estimate of drug-likeness (QED) is 0.241. The van der Waals surface area contributed by atoms with Crippen molar-refractivity contribution in [3.63, 3.8) is 0 Å². The van der Waals surface area contributed by atoms with E-state index in [4.69, 9.17) is 25.9 Å². The number of hydrogen-bond acceptors (Lipinski definition) is 8. The predicted molar refractivity (Wildman–Crippen MR) is 132 cm³/mol. The number of nitrogens with two attached hydrogens (primary N) is 2. The van der Waals surface area contributed by atoms with Crippen LogP contribution in [0.3, 0.4) is 0 Å². The molecule has 178 valence electrons. The molecule has 0 aliphatic carbocycles. The first-order valence-corrected chi connectivity index (χ1v) is 11.2. The summed E-state index contributed by atoms with van der Waals surface area (Å²) in [5.74, 6) is 1.47. The number of aryl methyl sites for hydroxylation is 1. The summed E-state index contributed by atoms with van der Waals surface area (Å²) in [4.78, 5) is 26.2. The van der Waals surface area contributed by atoms with Crippen LogP contribution in [0, 0.1) is 0 Å². The SMILES string of the molecule is CCOCc1nc2c(N)nc3cccnc3c2n1CCCCNC(=O)c1ccc(N)c(OC)c1. The Morgan fingerprint density at radius 2 is 2.00 bits per heavy atom.